The van der Waals surface area contributed by atoms with Crippen LogP contribution < -0.4 is 5.32 Å². The first-order valence-corrected chi connectivity index (χ1v) is 7.15. The molecule has 120 valence electrons. The molecule has 2 aromatic heterocycles. The molecule has 7 nitrogen and oxygen atoms in total. The minimum atomic E-state index is -0.630. The van der Waals surface area contributed by atoms with Crippen LogP contribution in [0.5, 0.6) is 0 Å². The molecule has 3 aromatic rings. The van der Waals surface area contributed by atoms with Crippen molar-refractivity contribution in [1.29, 1.82) is 5.26 Å². The van der Waals surface area contributed by atoms with Gasteiger partial charge in [-0.15, -0.1) is 5.10 Å². The minimum Gasteiger partial charge on any atom is -0.326 e. The van der Waals surface area contributed by atoms with Crippen LogP contribution in [0.25, 0.3) is 5.78 Å². The Hall–Kier alpha value is -3.34. The number of amides is 1. The largest absolute Gasteiger partial charge is 0.326 e. The second-order valence-electron chi connectivity index (χ2n) is 5.31. The highest BCUT2D eigenvalue weighted by atomic mass is 19.1. The Morgan fingerprint density at radius 1 is 1.33 bits per heavy atom. The van der Waals surface area contributed by atoms with Gasteiger partial charge in [-0.2, -0.15) is 10.2 Å². The van der Waals surface area contributed by atoms with Gasteiger partial charge in [0.05, 0.1) is 12.0 Å². The highest BCUT2D eigenvalue weighted by Crippen LogP contribution is 2.14. The van der Waals surface area contributed by atoms with Crippen LogP contribution in [-0.4, -0.2) is 25.5 Å². The van der Waals surface area contributed by atoms with E-state index >= 15 is 0 Å². The normalized spacial score (nSPS) is 10.6. The molecule has 0 aliphatic rings. The van der Waals surface area contributed by atoms with Gasteiger partial charge in [-0.25, -0.2) is 13.9 Å². The van der Waals surface area contributed by atoms with E-state index in [1.807, 2.05) is 19.9 Å². The molecule has 0 radical (unpaired) electrons. The van der Waals surface area contributed by atoms with E-state index in [-0.39, 0.29) is 17.9 Å². The predicted molar refractivity (Wildman–Crippen MR) is 83.7 cm³/mol. The van der Waals surface area contributed by atoms with Crippen molar-refractivity contribution in [2.24, 2.45) is 0 Å². The van der Waals surface area contributed by atoms with Crippen molar-refractivity contribution in [3.63, 3.8) is 0 Å². The molecule has 0 aliphatic carbocycles. The first-order chi connectivity index (χ1) is 11.5. The molecule has 0 saturated heterocycles. The molecule has 24 heavy (non-hydrogen) atoms. The summed E-state index contributed by atoms with van der Waals surface area (Å²) in [4.78, 5) is 20.6. The maximum Gasteiger partial charge on any atom is 0.252 e. The summed E-state index contributed by atoms with van der Waals surface area (Å²) >= 11 is 0. The lowest BCUT2D eigenvalue weighted by atomic mass is 10.2. The number of carbonyl (C=O) groups is 1. The van der Waals surface area contributed by atoms with Gasteiger partial charge < -0.3 is 5.32 Å². The number of nitrogens with one attached hydrogen (secondary N) is 1. The van der Waals surface area contributed by atoms with Gasteiger partial charge in [0.2, 0.25) is 5.91 Å². The maximum atomic E-state index is 13.3. The van der Waals surface area contributed by atoms with Crippen molar-refractivity contribution in [3.8, 4) is 6.07 Å². The molecule has 0 fully saturated rings. The van der Waals surface area contributed by atoms with Crippen molar-refractivity contribution in [2.75, 3.05) is 5.32 Å². The van der Waals surface area contributed by atoms with Crippen LogP contribution in [0, 0.1) is 31.0 Å². The number of aromatic nitrogens is 4. The summed E-state index contributed by atoms with van der Waals surface area (Å²) in [7, 11) is 0. The standard InChI is InChI=1S/C16H13FN6O/c1-9-5-10(2)23-16(19-9)21-14(22-23)7-15(24)20-12-3-4-13(17)11(6-12)8-18/h3-6H,7H2,1-2H3,(H,20,24). The fourth-order valence-corrected chi connectivity index (χ4v) is 2.32. The molecule has 0 saturated carbocycles. The van der Waals surface area contributed by atoms with Gasteiger partial charge in [0.15, 0.2) is 5.82 Å². The first-order valence-electron chi connectivity index (χ1n) is 7.15. The fraction of sp³-hybridized carbons (Fsp3) is 0.188. The third-order valence-electron chi connectivity index (χ3n) is 3.35. The lowest BCUT2D eigenvalue weighted by molar-refractivity contribution is -0.115. The number of halogens is 1. The third-order valence-corrected chi connectivity index (χ3v) is 3.35. The second-order valence-corrected chi connectivity index (χ2v) is 5.31. The molecule has 2 heterocycles. The zero-order valence-corrected chi connectivity index (χ0v) is 13.0. The smallest absolute Gasteiger partial charge is 0.252 e. The number of fused-ring (bicyclic) bond motifs is 1. The van der Waals surface area contributed by atoms with Crippen molar-refractivity contribution >= 4 is 17.4 Å². The number of carbonyl (C=O) groups excluding carboxylic acids is 1. The van der Waals surface area contributed by atoms with E-state index in [1.54, 1.807) is 10.6 Å². The Kier molecular flexibility index (Phi) is 3.92. The zero-order chi connectivity index (χ0) is 17.3. The van der Waals surface area contributed by atoms with E-state index in [0.29, 0.717) is 17.3 Å². The van der Waals surface area contributed by atoms with Crippen molar-refractivity contribution in [3.05, 3.63) is 52.9 Å². The molecule has 8 heteroatoms. The first kappa shape index (κ1) is 15.6. The Bertz CT molecular complexity index is 988. The molecule has 3 rings (SSSR count). The van der Waals surface area contributed by atoms with E-state index in [2.05, 4.69) is 20.4 Å². The summed E-state index contributed by atoms with van der Waals surface area (Å²) in [5.74, 6) is -0.231. The third kappa shape index (κ3) is 3.05. The number of benzene rings is 1. The molecule has 0 aliphatic heterocycles. The molecular weight excluding hydrogens is 311 g/mol. The van der Waals surface area contributed by atoms with Crippen molar-refractivity contribution < 1.29 is 9.18 Å². The Morgan fingerprint density at radius 2 is 2.12 bits per heavy atom. The van der Waals surface area contributed by atoms with Gasteiger partial charge in [-0.3, -0.25) is 4.79 Å². The summed E-state index contributed by atoms with van der Waals surface area (Å²) in [6.45, 7) is 3.73. The maximum absolute atomic E-state index is 13.3. The molecule has 1 amide bonds. The predicted octanol–water partition coefficient (Wildman–Crippen LogP) is 1.93. The number of anilines is 1. The Balaban J connectivity index is 1.78. The van der Waals surface area contributed by atoms with E-state index in [9.17, 15) is 9.18 Å². The number of nitriles is 1. The van der Waals surface area contributed by atoms with E-state index in [0.717, 1.165) is 17.5 Å². The summed E-state index contributed by atoms with van der Waals surface area (Å²) in [5, 5.41) is 15.7. The van der Waals surface area contributed by atoms with Crippen LogP contribution in [0.1, 0.15) is 22.8 Å². The van der Waals surface area contributed by atoms with Gasteiger partial charge in [0.1, 0.15) is 11.9 Å². The number of hydrogen-bond acceptors (Lipinski definition) is 5. The topological polar surface area (TPSA) is 96.0 Å². The van der Waals surface area contributed by atoms with Crippen LogP contribution in [0.15, 0.2) is 24.3 Å². The van der Waals surface area contributed by atoms with E-state index < -0.39 is 5.82 Å². The Morgan fingerprint density at radius 3 is 2.88 bits per heavy atom. The average Bonchev–Trinajstić information content (AvgIpc) is 2.91. The number of aryl methyl sites for hydroxylation is 2. The van der Waals surface area contributed by atoms with E-state index in [1.165, 1.54) is 12.1 Å². The molecular formula is C16H13FN6O. The highest BCUT2D eigenvalue weighted by Gasteiger charge is 2.12. The molecule has 0 unspecified atom stereocenters. The van der Waals surface area contributed by atoms with Crippen LogP contribution in [0.2, 0.25) is 0 Å². The second kappa shape index (κ2) is 6.04. The molecule has 0 atom stereocenters. The van der Waals surface area contributed by atoms with Gasteiger partial charge in [0, 0.05) is 17.1 Å². The lowest BCUT2D eigenvalue weighted by Crippen LogP contribution is -2.15. The molecule has 0 spiro atoms. The highest BCUT2D eigenvalue weighted by molar-refractivity contribution is 5.92. The summed E-state index contributed by atoms with van der Waals surface area (Å²) in [6.07, 6.45) is -0.0545. The monoisotopic (exact) mass is 324 g/mol. The van der Waals surface area contributed by atoms with Gasteiger partial charge in [0.25, 0.3) is 5.78 Å². The fourth-order valence-electron chi connectivity index (χ4n) is 2.32. The summed E-state index contributed by atoms with van der Waals surface area (Å²) in [6, 6.07) is 7.39. The number of nitrogens with zero attached hydrogens (tertiary/aromatic N) is 5. The quantitative estimate of drug-likeness (QED) is 0.794. The van der Waals surface area contributed by atoms with Crippen molar-refractivity contribution in [2.45, 2.75) is 20.3 Å². The number of hydrogen-bond donors (Lipinski definition) is 1. The van der Waals surface area contributed by atoms with Crippen LogP contribution in [0.3, 0.4) is 0 Å². The minimum absolute atomic E-state index is 0.0545. The Labute approximate surface area is 136 Å². The molecule has 1 aromatic carbocycles. The molecule has 1 N–H and O–H groups in total. The van der Waals surface area contributed by atoms with Gasteiger partial charge in [-0.05, 0) is 38.1 Å². The average molecular weight is 324 g/mol. The zero-order valence-electron chi connectivity index (χ0n) is 13.0. The SMILES string of the molecule is Cc1cc(C)n2nc(CC(=O)Nc3ccc(F)c(C#N)c3)nc2n1. The molecule has 0 bridgehead atoms. The summed E-state index contributed by atoms with van der Waals surface area (Å²) in [5.41, 5.74) is 1.90. The lowest BCUT2D eigenvalue weighted by Gasteiger charge is -2.04. The van der Waals surface area contributed by atoms with Crippen LogP contribution in [-0.2, 0) is 11.2 Å². The summed E-state index contributed by atoms with van der Waals surface area (Å²) < 4.78 is 14.8. The van der Waals surface area contributed by atoms with Crippen LogP contribution >= 0.6 is 0 Å². The number of rotatable bonds is 3. The van der Waals surface area contributed by atoms with E-state index in [4.69, 9.17) is 5.26 Å². The van der Waals surface area contributed by atoms with Crippen LogP contribution in [0.4, 0.5) is 10.1 Å². The van der Waals surface area contributed by atoms with Gasteiger partial charge in [-0.1, -0.05) is 0 Å². The van der Waals surface area contributed by atoms with Gasteiger partial charge >= 0.3 is 0 Å². The van der Waals surface area contributed by atoms with Crippen molar-refractivity contribution in [1.82, 2.24) is 19.6 Å².